The van der Waals surface area contributed by atoms with Crippen LogP contribution in [-0.4, -0.2) is 22.9 Å². The van der Waals surface area contributed by atoms with Gasteiger partial charge in [0.25, 0.3) is 11.7 Å². The van der Waals surface area contributed by atoms with Crippen LogP contribution in [0, 0.1) is 13.8 Å². The summed E-state index contributed by atoms with van der Waals surface area (Å²) in [5.74, 6) is -0.157. The first-order valence-corrected chi connectivity index (χ1v) is 10.5. The zero-order valence-corrected chi connectivity index (χ0v) is 18.5. The Balaban J connectivity index is 1.88. The Morgan fingerprint density at radius 1 is 1.03 bits per heavy atom. The zero-order chi connectivity index (χ0) is 23.0. The predicted octanol–water partition coefficient (Wildman–Crippen LogP) is 5.31. The molecule has 2 heterocycles. The van der Waals surface area contributed by atoms with E-state index in [1.807, 2.05) is 32.9 Å². The third kappa shape index (κ3) is 3.91. The van der Waals surface area contributed by atoms with Crippen LogP contribution in [0.25, 0.3) is 5.76 Å². The van der Waals surface area contributed by atoms with Crippen LogP contribution >= 0.6 is 0 Å². The van der Waals surface area contributed by atoms with E-state index in [1.165, 1.54) is 4.90 Å². The van der Waals surface area contributed by atoms with Crippen molar-refractivity contribution in [3.05, 3.63) is 88.9 Å². The lowest BCUT2D eigenvalue weighted by atomic mass is 9.99. The van der Waals surface area contributed by atoms with Gasteiger partial charge in [-0.15, -0.1) is 0 Å². The molecule has 2 aromatic carbocycles. The van der Waals surface area contributed by atoms with Crippen molar-refractivity contribution >= 4 is 23.1 Å². The van der Waals surface area contributed by atoms with Gasteiger partial charge in [-0.2, -0.15) is 0 Å². The third-order valence-corrected chi connectivity index (χ3v) is 5.27. The normalized spacial score (nSPS) is 17.9. The highest BCUT2D eigenvalue weighted by Gasteiger charge is 2.48. The van der Waals surface area contributed by atoms with Crippen LogP contribution in [0.15, 0.2) is 70.7 Å². The molecule has 1 aliphatic rings. The number of Topliss-reactive ketones (excluding diaryl/α,β-unsaturated/α-hetero) is 1. The van der Waals surface area contributed by atoms with Gasteiger partial charge in [0.15, 0.2) is 0 Å². The number of anilines is 1. The molecule has 3 aromatic rings. The molecule has 1 amide bonds. The second-order valence-corrected chi connectivity index (χ2v) is 8.15. The Kier molecular flexibility index (Phi) is 5.61. The Hall–Kier alpha value is -3.80. The topological polar surface area (TPSA) is 80.0 Å². The lowest BCUT2D eigenvalue weighted by molar-refractivity contribution is -0.132. The van der Waals surface area contributed by atoms with E-state index < -0.39 is 17.7 Å². The SMILES string of the molecule is Cc1ccc(N2C(=O)C(=O)/C(=C(\O)c3cccc(OC(C)C)c3)C2c2ccc(C)o2)cc1. The second kappa shape index (κ2) is 8.38. The maximum Gasteiger partial charge on any atom is 0.300 e. The quantitative estimate of drug-likeness (QED) is 0.336. The number of carbonyl (C=O) groups is 2. The lowest BCUT2D eigenvalue weighted by Crippen LogP contribution is -2.29. The number of hydrogen-bond donors (Lipinski definition) is 1. The maximum absolute atomic E-state index is 13.1. The van der Waals surface area contributed by atoms with Gasteiger partial charge >= 0.3 is 0 Å². The van der Waals surface area contributed by atoms with E-state index in [4.69, 9.17) is 9.15 Å². The molecule has 6 nitrogen and oxygen atoms in total. The minimum Gasteiger partial charge on any atom is -0.507 e. The van der Waals surface area contributed by atoms with Gasteiger partial charge in [-0.3, -0.25) is 14.5 Å². The number of aliphatic hydroxyl groups is 1. The summed E-state index contributed by atoms with van der Waals surface area (Å²) in [4.78, 5) is 27.6. The van der Waals surface area contributed by atoms with Crippen LogP contribution in [0.5, 0.6) is 5.75 Å². The van der Waals surface area contributed by atoms with Crippen LogP contribution < -0.4 is 9.64 Å². The third-order valence-electron chi connectivity index (χ3n) is 5.27. The van der Waals surface area contributed by atoms with Gasteiger partial charge in [-0.05, 0) is 64.1 Å². The highest BCUT2D eigenvalue weighted by molar-refractivity contribution is 6.51. The van der Waals surface area contributed by atoms with Crippen LogP contribution in [0.2, 0.25) is 0 Å². The molecule has 1 aromatic heterocycles. The first-order valence-electron chi connectivity index (χ1n) is 10.5. The average Bonchev–Trinajstić information content (AvgIpc) is 3.29. The summed E-state index contributed by atoms with van der Waals surface area (Å²) in [6.45, 7) is 7.53. The van der Waals surface area contributed by atoms with E-state index in [2.05, 4.69) is 0 Å². The van der Waals surface area contributed by atoms with Crippen molar-refractivity contribution in [2.24, 2.45) is 0 Å². The fourth-order valence-corrected chi connectivity index (χ4v) is 3.82. The van der Waals surface area contributed by atoms with Crippen LogP contribution in [0.1, 0.15) is 42.5 Å². The summed E-state index contributed by atoms with van der Waals surface area (Å²) >= 11 is 0. The van der Waals surface area contributed by atoms with Gasteiger partial charge in [-0.1, -0.05) is 29.8 Å². The molecule has 1 fully saturated rings. The molecule has 32 heavy (non-hydrogen) atoms. The molecule has 0 aliphatic carbocycles. The Bertz CT molecular complexity index is 1200. The van der Waals surface area contributed by atoms with Gasteiger partial charge in [0.2, 0.25) is 0 Å². The summed E-state index contributed by atoms with van der Waals surface area (Å²) in [6, 6.07) is 16.7. The molecule has 0 saturated carbocycles. The molecule has 1 saturated heterocycles. The maximum atomic E-state index is 13.1. The van der Waals surface area contributed by atoms with E-state index in [0.717, 1.165) is 5.56 Å². The highest BCUT2D eigenvalue weighted by atomic mass is 16.5. The van der Waals surface area contributed by atoms with E-state index in [-0.39, 0.29) is 17.4 Å². The molecule has 0 radical (unpaired) electrons. The molecule has 0 spiro atoms. The molecule has 1 N–H and O–H groups in total. The van der Waals surface area contributed by atoms with E-state index in [0.29, 0.717) is 28.5 Å². The van der Waals surface area contributed by atoms with Gasteiger partial charge in [0, 0.05) is 11.3 Å². The number of nitrogens with zero attached hydrogens (tertiary/aromatic N) is 1. The van der Waals surface area contributed by atoms with Gasteiger partial charge in [0.1, 0.15) is 29.1 Å². The minimum absolute atomic E-state index is 0.0216. The number of amides is 1. The minimum atomic E-state index is -0.888. The van der Waals surface area contributed by atoms with Crippen molar-refractivity contribution in [3.8, 4) is 5.75 Å². The molecular weight excluding hydrogens is 406 g/mol. The van der Waals surface area contributed by atoms with Gasteiger partial charge in [0.05, 0.1) is 11.7 Å². The molecule has 4 rings (SSSR count). The summed E-state index contributed by atoms with van der Waals surface area (Å²) in [5, 5.41) is 11.2. The number of furan rings is 1. The lowest BCUT2D eigenvalue weighted by Gasteiger charge is -2.23. The number of aryl methyl sites for hydroxylation is 2. The molecule has 1 atom stereocenters. The van der Waals surface area contributed by atoms with Crippen molar-refractivity contribution in [2.45, 2.75) is 39.8 Å². The summed E-state index contributed by atoms with van der Waals surface area (Å²) < 4.78 is 11.5. The number of ether oxygens (including phenoxy) is 1. The Morgan fingerprint density at radius 2 is 1.75 bits per heavy atom. The molecule has 0 bridgehead atoms. The Labute approximate surface area is 186 Å². The highest BCUT2D eigenvalue weighted by Crippen LogP contribution is 2.42. The van der Waals surface area contributed by atoms with Crippen molar-refractivity contribution in [3.63, 3.8) is 0 Å². The molecular formula is C26H25NO5. The molecule has 164 valence electrons. The number of carbonyl (C=O) groups excluding carboxylic acids is 2. The first kappa shape index (κ1) is 21.4. The van der Waals surface area contributed by atoms with Gasteiger partial charge < -0.3 is 14.3 Å². The van der Waals surface area contributed by atoms with E-state index in [1.54, 1.807) is 55.5 Å². The summed E-state index contributed by atoms with van der Waals surface area (Å²) in [7, 11) is 0. The van der Waals surface area contributed by atoms with Gasteiger partial charge in [-0.25, -0.2) is 0 Å². The molecule has 6 heteroatoms. The number of rotatable bonds is 5. The molecule has 1 aliphatic heterocycles. The fraction of sp³-hybridized carbons (Fsp3) is 0.231. The number of aliphatic hydroxyl groups excluding tert-OH is 1. The van der Waals surface area contributed by atoms with Crippen LogP contribution in [-0.2, 0) is 9.59 Å². The van der Waals surface area contributed by atoms with E-state index in [9.17, 15) is 14.7 Å². The summed E-state index contributed by atoms with van der Waals surface area (Å²) in [5.41, 5.74) is 1.94. The first-order chi connectivity index (χ1) is 15.3. The smallest absolute Gasteiger partial charge is 0.300 e. The van der Waals surface area contributed by atoms with Crippen LogP contribution in [0.3, 0.4) is 0 Å². The summed E-state index contributed by atoms with van der Waals surface area (Å²) in [6.07, 6.45) is -0.0504. The largest absolute Gasteiger partial charge is 0.507 e. The number of hydrogen-bond acceptors (Lipinski definition) is 5. The Morgan fingerprint density at radius 3 is 2.38 bits per heavy atom. The van der Waals surface area contributed by atoms with E-state index >= 15 is 0 Å². The monoisotopic (exact) mass is 431 g/mol. The van der Waals surface area contributed by atoms with Crippen molar-refractivity contribution < 1.29 is 23.8 Å². The standard InChI is InChI=1S/C26H25NO5/c1-15(2)31-20-7-5-6-18(14-20)24(28)22-23(21-13-10-17(4)32-21)27(26(30)25(22)29)19-11-8-16(3)9-12-19/h5-15,23,28H,1-4H3/b24-22-. The molecule has 1 unspecified atom stereocenters. The predicted molar refractivity (Wildman–Crippen MR) is 122 cm³/mol. The number of benzene rings is 2. The number of ketones is 1. The average molecular weight is 431 g/mol. The van der Waals surface area contributed by atoms with Crippen molar-refractivity contribution in [1.29, 1.82) is 0 Å². The van der Waals surface area contributed by atoms with Crippen LogP contribution in [0.4, 0.5) is 5.69 Å². The van der Waals surface area contributed by atoms with Crippen molar-refractivity contribution in [2.75, 3.05) is 4.90 Å². The second-order valence-electron chi connectivity index (χ2n) is 8.15. The van der Waals surface area contributed by atoms with Crippen molar-refractivity contribution in [1.82, 2.24) is 0 Å². The fourth-order valence-electron chi connectivity index (χ4n) is 3.82. The zero-order valence-electron chi connectivity index (χ0n) is 18.5.